The molecule has 3 fully saturated rings. The van der Waals surface area contributed by atoms with Crippen LogP contribution in [0.3, 0.4) is 0 Å². The van der Waals surface area contributed by atoms with E-state index in [1.165, 1.54) is 12.2 Å². The highest BCUT2D eigenvalue weighted by atomic mass is 19.4. The van der Waals surface area contributed by atoms with Gasteiger partial charge in [-0.3, -0.25) is 9.59 Å². The summed E-state index contributed by atoms with van der Waals surface area (Å²) in [7, 11) is 0.876. The van der Waals surface area contributed by atoms with Crippen LogP contribution in [-0.2, 0) is 23.9 Å². The molecule has 0 amide bonds. The van der Waals surface area contributed by atoms with Gasteiger partial charge in [-0.1, -0.05) is 12.2 Å². The number of allylic oxidation sites excluding steroid dienone is 3. The maximum Gasteiger partial charge on any atom is 0.433 e. The van der Waals surface area contributed by atoms with E-state index in [1.807, 2.05) is 0 Å². The van der Waals surface area contributed by atoms with E-state index in [2.05, 4.69) is 9.73 Å². The van der Waals surface area contributed by atoms with Gasteiger partial charge in [0.2, 0.25) is 0 Å². The lowest BCUT2D eigenvalue weighted by Gasteiger charge is -2.68. The van der Waals surface area contributed by atoms with Crippen molar-refractivity contribution in [1.82, 2.24) is 0 Å². The van der Waals surface area contributed by atoms with E-state index in [-0.39, 0.29) is 6.42 Å². The van der Waals surface area contributed by atoms with E-state index >= 15 is 0 Å². The van der Waals surface area contributed by atoms with Crippen LogP contribution < -0.4 is 0 Å². The molecule has 1 spiro atoms. The van der Waals surface area contributed by atoms with Crippen molar-refractivity contribution < 1.29 is 50.2 Å². The molecule has 2 saturated carbocycles. The van der Waals surface area contributed by atoms with Crippen LogP contribution >= 0.6 is 0 Å². The molecular weight excluding hydrogens is 436 g/mol. The number of rotatable bonds is 1. The summed E-state index contributed by atoms with van der Waals surface area (Å²) in [5.41, 5.74) is -6.37. The lowest BCUT2D eigenvalue weighted by Crippen LogP contribution is -2.72. The Morgan fingerprint density at radius 3 is 2.42 bits per heavy atom. The van der Waals surface area contributed by atoms with E-state index in [0.29, 0.717) is 0 Å². The molecular formula is C19H13F6NO5. The van der Waals surface area contributed by atoms with Crippen molar-refractivity contribution in [3.8, 4) is 0 Å². The smallest absolute Gasteiger partial charge is 0.433 e. The number of cyclic esters (lactones) is 2. The van der Waals surface area contributed by atoms with Gasteiger partial charge in [0.05, 0.1) is 24.0 Å². The van der Waals surface area contributed by atoms with Crippen LogP contribution in [0.1, 0.15) is 6.42 Å². The minimum absolute atomic E-state index is 0.0259. The molecule has 0 N–H and O–H groups in total. The summed E-state index contributed by atoms with van der Waals surface area (Å²) in [6.45, 7) is 0. The number of halogens is 6. The highest BCUT2D eigenvalue weighted by molar-refractivity contribution is 6.38. The second-order valence-corrected chi connectivity index (χ2v) is 8.40. The molecule has 6 aliphatic rings. The molecule has 2 heterocycles. The first-order valence-electron chi connectivity index (χ1n) is 9.34. The molecule has 7 atom stereocenters. The Bertz CT molecular complexity index is 1020. The Balaban J connectivity index is 1.75. The molecule has 166 valence electrons. The van der Waals surface area contributed by atoms with Crippen molar-refractivity contribution >= 4 is 23.6 Å². The van der Waals surface area contributed by atoms with Gasteiger partial charge in [-0.25, -0.2) is 9.79 Å². The van der Waals surface area contributed by atoms with E-state index in [1.54, 1.807) is 0 Å². The molecule has 6 nitrogen and oxygen atoms in total. The van der Waals surface area contributed by atoms with Gasteiger partial charge in [-0.15, -0.1) is 0 Å². The Hall–Kier alpha value is -2.66. The molecule has 6 rings (SSSR count). The standard InChI is InChI=1S/C19H13F6NO5/c1-30-15(28)12-9-8(11(18(20,21)22)13(26-12)19(23,24)25)7-5-2-3-17(10(7)9)4-6(5)14(27)31-16(17)29/h2-3,5-10H,4H2,1H3. The Morgan fingerprint density at radius 2 is 1.84 bits per heavy atom. The number of carbonyl (C=O) groups is 3. The van der Waals surface area contributed by atoms with Crippen molar-refractivity contribution in [2.75, 3.05) is 7.11 Å². The summed E-state index contributed by atoms with van der Waals surface area (Å²) in [5, 5.41) is 0. The van der Waals surface area contributed by atoms with Crippen LogP contribution in [0.25, 0.3) is 0 Å². The third-order valence-corrected chi connectivity index (χ3v) is 7.26. The number of hydrogen-bond donors (Lipinski definition) is 0. The largest absolute Gasteiger partial charge is 0.465 e. The maximum absolute atomic E-state index is 13.9. The summed E-state index contributed by atoms with van der Waals surface area (Å²) in [4.78, 5) is 40.2. The molecule has 12 heteroatoms. The summed E-state index contributed by atoms with van der Waals surface area (Å²) in [6, 6.07) is 0. The first-order chi connectivity index (χ1) is 14.3. The van der Waals surface area contributed by atoms with Gasteiger partial charge in [0.15, 0.2) is 5.70 Å². The van der Waals surface area contributed by atoms with Crippen molar-refractivity contribution in [2.45, 2.75) is 18.8 Å². The first-order valence-corrected chi connectivity index (χ1v) is 9.34. The van der Waals surface area contributed by atoms with Crippen LogP contribution in [0.5, 0.6) is 0 Å². The molecule has 4 aliphatic carbocycles. The van der Waals surface area contributed by atoms with Crippen LogP contribution in [-0.4, -0.2) is 43.1 Å². The van der Waals surface area contributed by atoms with E-state index < -0.39 is 88.2 Å². The van der Waals surface area contributed by atoms with Gasteiger partial charge in [-0.2, -0.15) is 26.3 Å². The SMILES string of the molecule is COC(=O)C1=NC(C(F)(F)F)=C(C(F)(F)F)C2C1C1C2C2C=CC13CC2C(=O)OC3=O. The molecule has 0 aromatic rings. The molecule has 0 aromatic heterocycles. The number of methoxy groups -OCH3 is 1. The number of ether oxygens (including phenoxy) is 2. The topological polar surface area (TPSA) is 82.0 Å². The van der Waals surface area contributed by atoms with Crippen LogP contribution in [0.2, 0.25) is 0 Å². The predicted molar refractivity (Wildman–Crippen MR) is 86.8 cm³/mol. The van der Waals surface area contributed by atoms with Crippen molar-refractivity contribution in [3.05, 3.63) is 23.4 Å². The number of esters is 3. The zero-order chi connectivity index (χ0) is 22.7. The quantitative estimate of drug-likeness (QED) is 0.266. The van der Waals surface area contributed by atoms with Gasteiger partial charge < -0.3 is 9.47 Å². The number of nitrogens with zero attached hydrogens (tertiary/aromatic N) is 1. The fourth-order valence-corrected chi connectivity index (χ4v) is 6.29. The Morgan fingerprint density at radius 1 is 1.16 bits per heavy atom. The van der Waals surface area contributed by atoms with Gasteiger partial charge in [0.25, 0.3) is 0 Å². The number of aliphatic imine (C=N–C) groups is 1. The van der Waals surface area contributed by atoms with E-state index in [0.717, 1.165) is 7.11 Å². The average molecular weight is 449 g/mol. The van der Waals surface area contributed by atoms with Crippen molar-refractivity contribution in [2.24, 2.45) is 45.9 Å². The molecule has 3 bridgehead atoms. The van der Waals surface area contributed by atoms with Crippen molar-refractivity contribution in [3.63, 3.8) is 0 Å². The number of alkyl halides is 6. The zero-order valence-corrected chi connectivity index (χ0v) is 15.6. The summed E-state index contributed by atoms with van der Waals surface area (Å²) < 4.78 is 91.8. The fraction of sp³-hybridized carbons (Fsp3) is 0.579. The van der Waals surface area contributed by atoms with Crippen LogP contribution in [0, 0.1) is 40.9 Å². The minimum Gasteiger partial charge on any atom is -0.465 e. The molecule has 2 aliphatic heterocycles. The third-order valence-electron chi connectivity index (χ3n) is 7.26. The predicted octanol–water partition coefficient (Wildman–Crippen LogP) is 2.75. The van der Waals surface area contributed by atoms with Gasteiger partial charge in [0.1, 0.15) is 5.71 Å². The average Bonchev–Trinajstić information content (AvgIpc) is 2.66. The Labute approximate surface area is 170 Å². The van der Waals surface area contributed by atoms with Crippen LogP contribution in [0.4, 0.5) is 26.3 Å². The van der Waals surface area contributed by atoms with E-state index in [9.17, 15) is 40.7 Å². The lowest BCUT2D eigenvalue weighted by atomic mass is 9.34. The lowest BCUT2D eigenvalue weighted by molar-refractivity contribution is -0.217. The van der Waals surface area contributed by atoms with Gasteiger partial charge >= 0.3 is 30.3 Å². The second-order valence-electron chi connectivity index (χ2n) is 8.40. The van der Waals surface area contributed by atoms with Gasteiger partial charge in [-0.05, 0) is 24.2 Å². The fourth-order valence-electron chi connectivity index (χ4n) is 6.29. The first kappa shape index (κ1) is 20.3. The molecule has 1 saturated heterocycles. The summed E-state index contributed by atoms with van der Waals surface area (Å²) >= 11 is 0. The van der Waals surface area contributed by atoms with Gasteiger partial charge in [0, 0.05) is 11.8 Å². The molecule has 0 aromatic carbocycles. The minimum atomic E-state index is -5.48. The maximum atomic E-state index is 13.9. The third kappa shape index (κ3) is 2.35. The number of hydrogen-bond acceptors (Lipinski definition) is 6. The van der Waals surface area contributed by atoms with Crippen molar-refractivity contribution in [1.29, 1.82) is 0 Å². The normalized spacial score (nSPS) is 40.5. The number of fused-ring (bicyclic) bond motifs is 1. The highest BCUT2D eigenvalue weighted by Crippen LogP contribution is 2.73. The Kier molecular flexibility index (Phi) is 3.77. The van der Waals surface area contributed by atoms with Crippen LogP contribution in [0.15, 0.2) is 28.4 Å². The zero-order valence-electron chi connectivity index (χ0n) is 15.6. The highest BCUT2D eigenvalue weighted by Gasteiger charge is 2.76. The second kappa shape index (κ2) is 5.77. The summed E-state index contributed by atoms with van der Waals surface area (Å²) in [6.07, 6.45) is -8.02. The molecule has 0 radical (unpaired) electrons. The monoisotopic (exact) mass is 449 g/mol. The van der Waals surface area contributed by atoms with E-state index in [4.69, 9.17) is 4.74 Å². The molecule has 31 heavy (non-hydrogen) atoms. The molecule has 7 unspecified atom stereocenters. The summed E-state index contributed by atoms with van der Waals surface area (Å²) in [5.74, 6) is -10.2. The number of carbonyl (C=O) groups excluding carboxylic acids is 3.